The third-order valence-corrected chi connectivity index (χ3v) is 5.01. The van der Waals surface area contributed by atoms with Crippen LogP contribution in [0.1, 0.15) is 27.6 Å². The Kier molecular flexibility index (Phi) is 6.23. The van der Waals surface area contributed by atoms with Crippen LogP contribution >= 0.6 is 11.6 Å². The summed E-state index contributed by atoms with van der Waals surface area (Å²) in [4.78, 5) is 23.1. The van der Waals surface area contributed by atoms with Gasteiger partial charge in [-0.25, -0.2) is 18.0 Å². The standard InChI is InChI=1S/C17H16ClNO6S/c1-3-25-16(20)11-4-6-12(7-5-11)19-26(22,23)13-8-9-15(18)14(10-13)17(21)24-2/h4-10,19H,3H2,1-2H3. The maximum absolute atomic E-state index is 12.5. The summed E-state index contributed by atoms with van der Waals surface area (Å²) >= 11 is 5.89. The lowest BCUT2D eigenvalue weighted by atomic mass is 10.2. The molecule has 0 aliphatic carbocycles. The molecule has 0 spiro atoms. The highest BCUT2D eigenvalue weighted by Gasteiger charge is 2.19. The number of nitrogens with one attached hydrogen (secondary N) is 1. The van der Waals surface area contributed by atoms with Gasteiger partial charge in [-0.05, 0) is 49.4 Å². The highest BCUT2D eigenvalue weighted by Crippen LogP contribution is 2.23. The predicted molar refractivity (Wildman–Crippen MR) is 96.0 cm³/mol. The van der Waals surface area contributed by atoms with E-state index >= 15 is 0 Å². The Balaban J connectivity index is 2.26. The molecule has 26 heavy (non-hydrogen) atoms. The van der Waals surface area contributed by atoms with Crippen LogP contribution in [0.5, 0.6) is 0 Å². The van der Waals surface area contributed by atoms with E-state index in [4.69, 9.17) is 16.3 Å². The summed E-state index contributed by atoms with van der Waals surface area (Å²) in [5, 5.41) is 0.0783. The van der Waals surface area contributed by atoms with Crippen molar-refractivity contribution in [3.8, 4) is 0 Å². The van der Waals surface area contributed by atoms with E-state index in [9.17, 15) is 18.0 Å². The highest BCUT2D eigenvalue weighted by atomic mass is 35.5. The van der Waals surface area contributed by atoms with Crippen LogP contribution in [0.25, 0.3) is 0 Å². The molecule has 0 unspecified atom stereocenters. The van der Waals surface area contributed by atoms with Crippen molar-refractivity contribution in [1.82, 2.24) is 0 Å². The zero-order chi connectivity index (χ0) is 19.3. The average Bonchev–Trinajstić information content (AvgIpc) is 2.61. The fourth-order valence-corrected chi connectivity index (χ4v) is 3.32. The van der Waals surface area contributed by atoms with Gasteiger partial charge in [0.2, 0.25) is 0 Å². The van der Waals surface area contributed by atoms with Gasteiger partial charge in [-0.1, -0.05) is 11.6 Å². The van der Waals surface area contributed by atoms with E-state index in [2.05, 4.69) is 9.46 Å². The van der Waals surface area contributed by atoms with Crippen LogP contribution in [0.3, 0.4) is 0 Å². The second kappa shape index (κ2) is 8.20. The Hall–Kier alpha value is -2.58. The summed E-state index contributed by atoms with van der Waals surface area (Å²) in [6.07, 6.45) is 0. The average molecular weight is 398 g/mol. The first kappa shape index (κ1) is 19.7. The second-order valence-electron chi connectivity index (χ2n) is 5.04. The summed E-state index contributed by atoms with van der Waals surface area (Å²) in [6, 6.07) is 9.44. The number of hydrogen-bond donors (Lipinski definition) is 1. The molecule has 9 heteroatoms. The largest absolute Gasteiger partial charge is 0.465 e. The summed E-state index contributed by atoms with van der Waals surface area (Å²) < 4.78 is 36.8. The van der Waals surface area contributed by atoms with E-state index in [1.807, 2.05) is 0 Å². The van der Waals surface area contributed by atoms with Gasteiger partial charge in [0.05, 0.1) is 34.8 Å². The number of ether oxygens (including phenoxy) is 2. The zero-order valence-electron chi connectivity index (χ0n) is 14.0. The Labute approximate surface area is 155 Å². The lowest BCUT2D eigenvalue weighted by Gasteiger charge is -2.10. The first-order valence-electron chi connectivity index (χ1n) is 7.46. The molecule has 0 saturated heterocycles. The lowest BCUT2D eigenvalue weighted by Crippen LogP contribution is -2.14. The molecule has 0 saturated carbocycles. The number of methoxy groups -OCH3 is 1. The Morgan fingerprint density at radius 1 is 1.08 bits per heavy atom. The number of esters is 2. The number of rotatable bonds is 6. The van der Waals surface area contributed by atoms with E-state index < -0.39 is 22.0 Å². The summed E-state index contributed by atoms with van der Waals surface area (Å²) in [5.74, 6) is -1.24. The van der Waals surface area contributed by atoms with E-state index in [0.29, 0.717) is 5.56 Å². The minimum absolute atomic E-state index is 0.0605. The molecule has 0 aliphatic heterocycles. The first-order chi connectivity index (χ1) is 12.3. The number of carbonyl (C=O) groups is 2. The number of carbonyl (C=O) groups excluding carboxylic acids is 2. The highest BCUT2D eigenvalue weighted by molar-refractivity contribution is 7.92. The quantitative estimate of drug-likeness (QED) is 0.752. The third-order valence-electron chi connectivity index (χ3n) is 3.30. The van der Waals surface area contributed by atoms with Gasteiger partial charge in [0.25, 0.3) is 10.0 Å². The van der Waals surface area contributed by atoms with Gasteiger partial charge >= 0.3 is 11.9 Å². The number of anilines is 1. The number of benzene rings is 2. The van der Waals surface area contributed by atoms with Gasteiger partial charge in [0.1, 0.15) is 0 Å². The molecule has 0 atom stereocenters. The van der Waals surface area contributed by atoms with Crippen molar-refractivity contribution in [2.24, 2.45) is 0 Å². The fourth-order valence-electron chi connectivity index (χ4n) is 2.04. The van der Waals surface area contributed by atoms with Crippen molar-refractivity contribution in [2.75, 3.05) is 18.4 Å². The van der Waals surface area contributed by atoms with Crippen LogP contribution in [0.15, 0.2) is 47.4 Å². The van der Waals surface area contributed by atoms with Crippen molar-refractivity contribution >= 4 is 39.3 Å². The van der Waals surface area contributed by atoms with Crippen molar-refractivity contribution < 1.29 is 27.5 Å². The maximum atomic E-state index is 12.5. The van der Waals surface area contributed by atoms with Crippen LogP contribution in [-0.4, -0.2) is 34.1 Å². The van der Waals surface area contributed by atoms with Crippen LogP contribution in [0.4, 0.5) is 5.69 Å². The van der Waals surface area contributed by atoms with Gasteiger partial charge in [0.15, 0.2) is 0 Å². The molecule has 1 N–H and O–H groups in total. The molecule has 0 aliphatic rings. The minimum Gasteiger partial charge on any atom is -0.465 e. The van der Waals surface area contributed by atoms with Gasteiger partial charge in [-0.2, -0.15) is 0 Å². The molecule has 0 heterocycles. The molecular formula is C17H16ClNO6S. The molecule has 0 fully saturated rings. The van der Waals surface area contributed by atoms with E-state index in [0.717, 1.165) is 6.07 Å². The third kappa shape index (κ3) is 4.53. The first-order valence-corrected chi connectivity index (χ1v) is 9.32. The van der Waals surface area contributed by atoms with Crippen molar-refractivity contribution in [2.45, 2.75) is 11.8 Å². The van der Waals surface area contributed by atoms with Gasteiger partial charge in [-0.15, -0.1) is 0 Å². The molecule has 0 amide bonds. The molecule has 2 aromatic carbocycles. The Morgan fingerprint density at radius 2 is 1.73 bits per heavy atom. The molecule has 2 aromatic rings. The fraction of sp³-hybridized carbons (Fsp3) is 0.176. The van der Waals surface area contributed by atoms with Crippen molar-refractivity contribution in [3.05, 3.63) is 58.6 Å². The van der Waals surface area contributed by atoms with Crippen LogP contribution in [0, 0.1) is 0 Å². The second-order valence-corrected chi connectivity index (χ2v) is 7.13. The SMILES string of the molecule is CCOC(=O)c1ccc(NS(=O)(=O)c2ccc(Cl)c(C(=O)OC)c2)cc1. The summed E-state index contributed by atoms with van der Waals surface area (Å²) in [7, 11) is -2.80. The van der Waals surface area contributed by atoms with E-state index in [-0.39, 0.29) is 27.8 Å². The van der Waals surface area contributed by atoms with E-state index in [1.54, 1.807) is 6.92 Å². The predicted octanol–water partition coefficient (Wildman–Crippen LogP) is 3.10. The van der Waals surface area contributed by atoms with Crippen LogP contribution < -0.4 is 4.72 Å². The number of halogens is 1. The maximum Gasteiger partial charge on any atom is 0.339 e. The van der Waals surface area contributed by atoms with Crippen LogP contribution in [0.2, 0.25) is 5.02 Å². The van der Waals surface area contributed by atoms with Crippen molar-refractivity contribution in [3.63, 3.8) is 0 Å². The number of hydrogen-bond acceptors (Lipinski definition) is 6. The summed E-state index contributed by atoms with van der Waals surface area (Å²) in [5.41, 5.74) is 0.483. The summed E-state index contributed by atoms with van der Waals surface area (Å²) in [6.45, 7) is 1.93. The van der Waals surface area contributed by atoms with Gasteiger partial charge in [0, 0.05) is 5.69 Å². The molecule has 138 valence electrons. The molecule has 7 nitrogen and oxygen atoms in total. The Morgan fingerprint density at radius 3 is 2.31 bits per heavy atom. The van der Waals surface area contributed by atoms with E-state index in [1.165, 1.54) is 43.5 Å². The topological polar surface area (TPSA) is 98.8 Å². The Bertz CT molecular complexity index is 925. The van der Waals surface area contributed by atoms with Crippen LogP contribution in [-0.2, 0) is 19.5 Å². The zero-order valence-corrected chi connectivity index (χ0v) is 15.6. The number of sulfonamides is 1. The van der Waals surface area contributed by atoms with Gasteiger partial charge < -0.3 is 9.47 Å². The normalized spacial score (nSPS) is 10.9. The van der Waals surface area contributed by atoms with Crippen molar-refractivity contribution in [1.29, 1.82) is 0 Å². The monoisotopic (exact) mass is 397 g/mol. The molecule has 0 aromatic heterocycles. The molecule has 0 bridgehead atoms. The minimum atomic E-state index is -3.97. The van der Waals surface area contributed by atoms with Gasteiger partial charge in [-0.3, -0.25) is 4.72 Å². The molecular weight excluding hydrogens is 382 g/mol. The molecule has 0 radical (unpaired) electrons. The smallest absolute Gasteiger partial charge is 0.339 e. The molecule has 2 rings (SSSR count). The lowest BCUT2D eigenvalue weighted by molar-refractivity contribution is 0.0525.